The van der Waals surface area contributed by atoms with Crippen molar-refractivity contribution in [1.29, 1.82) is 0 Å². The molecule has 1 amide bonds. The van der Waals surface area contributed by atoms with Gasteiger partial charge in [-0.3, -0.25) is 4.79 Å². The van der Waals surface area contributed by atoms with Crippen LogP contribution in [0, 0.1) is 0 Å². The molecule has 15 heavy (non-hydrogen) atoms. The van der Waals surface area contributed by atoms with E-state index in [2.05, 4.69) is 0 Å². The Kier molecular flexibility index (Phi) is 2.90. The molecular weight excluding hydrogens is 190 g/mol. The first kappa shape index (κ1) is 10.0. The number of hydrogen-bond acceptors (Lipinski definition) is 2. The van der Waals surface area contributed by atoms with Crippen molar-refractivity contribution in [3.63, 3.8) is 0 Å². The van der Waals surface area contributed by atoms with Gasteiger partial charge in [0.05, 0.1) is 6.42 Å². The predicted octanol–water partition coefficient (Wildman–Crippen LogP) is 1.56. The van der Waals surface area contributed by atoms with Gasteiger partial charge >= 0.3 is 0 Å². The zero-order chi connectivity index (χ0) is 10.7. The van der Waals surface area contributed by atoms with E-state index in [4.69, 9.17) is 0 Å². The van der Waals surface area contributed by atoms with E-state index in [1.165, 1.54) is 0 Å². The van der Waals surface area contributed by atoms with Crippen molar-refractivity contribution in [2.75, 3.05) is 13.1 Å². The standard InChI is InChI=1S/C12H15NO2/c14-11-6-2-1-5-10(11)9-12(15)13-7-3-4-8-13/h1-2,5-6,14H,3-4,7-9H2. The summed E-state index contributed by atoms with van der Waals surface area (Å²) in [4.78, 5) is 13.6. The minimum Gasteiger partial charge on any atom is -0.508 e. The molecule has 1 aromatic carbocycles. The van der Waals surface area contributed by atoms with E-state index in [0.717, 1.165) is 31.5 Å². The van der Waals surface area contributed by atoms with Gasteiger partial charge in [-0.25, -0.2) is 0 Å². The average molecular weight is 205 g/mol. The molecule has 1 aromatic rings. The van der Waals surface area contributed by atoms with Crippen LogP contribution in [0.15, 0.2) is 24.3 Å². The summed E-state index contributed by atoms with van der Waals surface area (Å²) in [7, 11) is 0. The molecule has 1 N–H and O–H groups in total. The van der Waals surface area contributed by atoms with Crippen LogP contribution >= 0.6 is 0 Å². The SMILES string of the molecule is O=C(Cc1ccccc1O)N1CCCC1. The van der Waals surface area contributed by atoms with Crippen LogP contribution in [0.3, 0.4) is 0 Å². The maximum Gasteiger partial charge on any atom is 0.227 e. The van der Waals surface area contributed by atoms with Gasteiger partial charge in [0.15, 0.2) is 0 Å². The van der Waals surface area contributed by atoms with Crippen molar-refractivity contribution in [3.8, 4) is 5.75 Å². The Morgan fingerprint density at radius 2 is 1.93 bits per heavy atom. The first-order valence-electron chi connectivity index (χ1n) is 5.32. The van der Waals surface area contributed by atoms with E-state index in [-0.39, 0.29) is 11.7 Å². The van der Waals surface area contributed by atoms with Gasteiger partial charge in [0.2, 0.25) is 5.91 Å². The molecule has 0 radical (unpaired) electrons. The second-order valence-corrected chi connectivity index (χ2v) is 3.89. The highest BCUT2D eigenvalue weighted by molar-refractivity contribution is 5.79. The molecule has 3 nitrogen and oxygen atoms in total. The third-order valence-electron chi connectivity index (χ3n) is 2.79. The number of carbonyl (C=O) groups excluding carboxylic acids is 1. The molecule has 0 saturated carbocycles. The highest BCUT2D eigenvalue weighted by atomic mass is 16.3. The average Bonchev–Trinajstić information content (AvgIpc) is 2.74. The molecule has 80 valence electrons. The van der Waals surface area contributed by atoms with Crippen LogP contribution in [0.2, 0.25) is 0 Å². The Hall–Kier alpha value is -1.51. The Bertz CT molecular complexity index is 356. The topological polar surface area (TPSA) is 40.5 Å². The molecule has 0 atom stereocenters. The maximum atomic E-state index is 11.8. The largest absolute Gasteiger partial charge is 0.508 e. The van der Waals surface area contributed by atoms with Crippen molar-refractivity contribution in [3.05, 3.63) is 29.8 Å². The number of hydrogen-bond donors (Lipinski definition) is 1. The van der Waals surface area contributed by atoms with Crippen molar-refractivity contribution in [1.82, 2.24) is 4.90 Å². The molecule has 2 rings (SSSR count). The zero-order valence-electron chi connectivity index (χ0n) is 8.65. The van der Waals surface area contributed by atoms with Gasteiger partial charge in [-0.1, -0.05) is 18.2 Å². The van der Waals surface area contributed by atoms with Gasteiger partial charge < -0.3 is 10.0 Å². The van der Waals surface area contributed by atoms with Crippen molar-refractivity contribution < 1.29 is 9.90 Å². The summed E-state index contributed by atoms with van der Waals surface area (Å²) in [5.74, 6) is 0.332. The van der Waals surface area contributed by atoms with E-state index >= 15 is 0 Å². The van der Waals surface area contributed by atoms with Gasteiger partial charge in [0, 0.05) is 18.7 Å². The lowest BCUT2D eigenvalue weighted by Crippen LogP contribution is -2.29. The number of para-hydroxylation sites is 1. The molecule has 0 aromatic heterocycles. The van der Waals surface area contributed by atoms with Crippen LogP contribution in [-0.4, -0.2) is 29.0 Å². The van der Waals surface area contributed by atoms with Crippen LogP contribution in [0.4, 0.5) is 0 Å². The summed E-state index contributed by atoms with van der Waals surface area (Å²) in [6.07, 6.45) is 2.52. The molecule has 1 heterocycles. The van der Waals surface area contributed by atoms with Gasteiger partial charge in [-0.05, 0) is 18.9 Å². The van der Waals surface area contributed by atoms with Crippen LogP contribution in [0.5, 0.6) is 5.75 Å². The maximum absolute atomic E-state index is 11.8. The normalized spacial score (nSPS) is 15.6. The minimum absolute atomic E-state index is 0.119. The van der Waals surface area contributed by atoms with E-state index in [1.807, 2.05) is 11.0 Å². The number of amides is 1. The molecule has 1 aliphatic heterocycles. The third-order valence-corrected chi connectivity index (χ3v) is 2.79. The molecule has 0 aliphatic carbocycles. The van der Waals surface area contributed by atoms with E-state index in [0.29, 0.717) is 6.42 Å². The number of aromatic hydroxyl groups is 1. The number of phenolic OH excluding ortho intramolecular Hbond substituents is 1. The highest BCUT2D eigenvalue weighted by Crippen LogP contribution is 2.18. The summed E-state index contributed by atoms with van der Waals surface area (Å²) in [6.45, 7) is 1.73. The zero-order valence-corrected chi connectivity index (χ0v) is 8.65. The first-order valence-corrected chi connectivity index (χ1v) is 5.32. The predicted molar refractivity (Wildman–Crippen MR) is 57.6 cm³/mol. The van der Waals surface area contributed by atoms with Gasteiger partial charge in [0.1, 0.15) is 5.75 Å². The van der Waals surface area contributed by atoms with Crippen molar-refractivity contribution in [2.45, 2.75) is 19.3 Å². The van der Waals surface area contributed by atoms with Gasteiger partial charge in [-0.15, -0.1) is 0 Å². The molecular formula is C12H15NO2. The summed E-state index contributed by atoms with van der Waals surface area (Å²) >= 11 is 0. The second-order valence-electron chi connectivity index (χ2n) is 3.89. The molecule has 0 spiro atoms. The van der Waals surface area contributed by atoms with E-state index in [1.54, 1.807) is 18.2 Å². The summed E-state index contributed by atoms with van der Waals surface area (Å²) < 4.78 is 0. The monoisotopic (exact) mass is 205 g/mol. The fraction of sp³-hybridized carbons (Fsp3) is 0.417. The molecule has 1 fully saturated rings. The van der Waals surface area contributed by atoms with Crippen molar-refractivity contribution >= 4 is 5.91 Å². The molecule has 3 heteroatoms. The molecule has 1 saturated heterocycles. The number of carbonyl (C=O) groups is 1. The molecule has 0 bridgehead atoms. The Labute approximate surface area is 89.3 Å². The van der Waals surface area contributed by atoms with Gasteiger partial charge in [-0.2, -0.15) is 0 Å². The Balaban J connectivity index is 2.02. The number of benzene rings is 1. The first-order chi connectivity index (χ1) is 7.27. The highest BCUT2D eigenvalue weighted by Gasteiger charge is 2.18. The van der Waals surface area contributed by atoms with E-state index in [9.17, 15) is 9.90 Å². The van der Waals surface area contributed by atoms with Crippen LogP contribution < -0.4 is 0 Å². The lowest BCUT2D eigenvalue weighted by atomic mass is 10.1. The number of likely N-dealkylation sites (tertiary alicyclic amines) is 1. The van der Waals surface area contributed by atoms with E-state index < -0.39 is 0 Å². The quantitative estimate of drug-likeness (QED) is 0.796. The second kappa shape index (κ2) is 4.34. The Morgan fingerprint density at radius 1 is 1.27 bits per heavy atom. The number of nitrogens with zero attached hydrogens (tertiary/aromatic N) is 1. The lowest BCUT2D eigenvalue weighted by Gasteiger charge is -2.15. The smallest absolute Gasteiger partial charge is 0.227 e. The van der Waals surface area contributed by atoms with Crippen molar-refractivity contribution in [2.24, 2.45) is 0 Å². The molecule has 0 unspecified atom stereocenters. The van der Waals surface area contributed by atoms with Crippen LogP contribution in [0.25, 0.3) is 0 Å². The van der Waals surface area contributed by atoms with Crippen LogP contribution in [0.1, 0.15) is 18.4 Å². The number of rotatable bonds is 2. The fourth-order valence-electron chi connectivity index (χ4n) is 1.90. The summed E-state index contributed by atoms with van der Waals surface area (Å²) in [5, 5.41) is 9.53. The third kappa shape index (κ3) is 2.29. The van der Waals surface area contributed by atoms with Crippen LogP contribution in [-0.2, 0) is 11.2 Å². The minimum atomic E-state index is 0.119. The van der Waals surface area contributed by atoms with Gasteiger partial charge in [0.25, 0.3) is 0 Å². The number of phenols is 1. The summed E-state index contributed by atoms with van der Waals surface area (Å²) in [6, 6.07) is 7.02. The fourth-order valence-corrected chi connectivity index (χ4v) is 1.90. The Morgan fingerprint density at radius 3 is 2.60 bits per heavy atom. The summed E-state index contributed by atoms with van der Waals surface area (Å²) in [5.41, 5.74) is 0.717. The lowest BCUT2D eigenvalue weighted by molar-refractivity contribution is -0.129. The molecule has 1 aliphatic rings.